The first-order chi connectivity index (χ1) is 5.04. The predicted molar refractivity (Wildman–Crippen MR) is 42.2 cm³/mol. The van der Waals surface area contributed by atoms with Crippen LogP contribution < -0.4 is 0 Å². The molecule has 0 radical (unpaired) electrons. The molecular weight excluding hydrogens is 193 g/mol. The van der Waals surface area contributed by atoms with Gasteiger partial charge < -0.3 is 9.94 Å². The standard InChI is InChI=1S/C5H7Cl2NO3/c1-3(5(6)7)8-11-2-4(9)10/h5H,2H2,1H3,(H,9,10). The summed E-state index contributed by atoms with van der Waals surface area (Å²) in [5, 5.41) is 11.4. The second kappa shape index (κ2) is 5.21. The van der Waals surface area contributed by atoms with Gasteiger partial charge in [-0.15, -0.1) is 0 Å². The fraction of sp³-hybridized carbons (Fsp3) is 0.600. The Bertz CT molecular complexity index is 169. The SMILES string of the molecule is CC(=NOCC(=O)O)C(Cl)Cl. The normalized spacial score (nSPS) is 11.8. The number of rotatable bonds is 4. The zero-order valence-electron chi connectivity index (χ0n) is 5.75. The molecule has 0 aromatic heterocycles. The third-order valence-electron chi connectivity index (χ3n) is 0.712. The van der Waals surface area contributed by atoms with E-state index in [1.165, 1.54) is 6.92 Å². The topological polar surface area (TPSA) is 58.9 Å². The number of hydrogen-bond acceptors (Lipinski definition) is 3. The quantitative estimate of drug-likeness (QED) is 0.422. The van der Waals surface area contributed by atoms with E-state index in [2.05, 4.69) is 9.99 Å². The highest BCUT2D eigenvalue weighted by atomic mass is 35.5. The van der Waals surface area contributed by atoms with Crippen molar-refractivity contribution >= 4 is 34.9 Å². The number of carboxylic acids is 1. The van der Waals surface area contributed by atoms with Crippen LogP contribution in [0.1, 0.15) is 6.92 Å². The Labute approximate surface area is 73.7 Å². The maximum atomic E-state index is 9.89. The zero-order chi connectivity index (χ0) is 8.85. The summed E-state index contributed by atoms with van der Waals surface area (Å²) in [7, 11) is 0. The molecule has 6 heteroatoms. The van der Waals surface area contributed by atoms with E-state index >= 15 is 0 Å². The van der Waals surface area contributed by atoms with E-state index < -0.39 is 17.4 Å². The number of aliphatic carboxylic acids is 1. The molecule has 1 N–H and O–H groups in total. The van der Waals surface area contributed by atoms with Crippen molar-refractivity contribution in [2.24, 2.45) is 5.16 Å². The number of oxime groups is 1. The highest BCUT2D eigenvalue weighted by molar-refractivity contribution is 6.54. The van der Waals surface area contributed by atoms with Gasteiger partial charge in [0.2, 0.25) is 6.61 Å². The van der Waals surface area contributed by atoms with Gasteiger partial charge in [0, 0.05) is 0 Å². The van der Waals surface area contributed by atoms with Gasteiger partial charge in [-0.2, -0.15) is 0 Å². The van der Waals surface area contributed by atoms with Crippen LogP contribution in [0.3, 0.4) is 0 Å². The smallest absolute Gasteiger partial charge is 0.344 e. The molecule has 0 spiro atoms. The van der Waals surface area contributed by atoms with Crippen molar-refractivity contribution in [2.45, 2.75) is 11.8 Å². The van der Waals surface area contributed by atoms with Gasteiger partial charge in [0.1, 0.15) is 4.84 Å². The fourth-order valence-electron chi connectivity index (χ4n) is 0.229. The number of carbonyl (C=O) groups is 1. The molecule has 0 atom stereocenters. The van der Waals surface area contributed by atoms with Crippen LogP contribution in [0.25, 0.3) is 0 Å². The minimum absolute atomic E-state index is 0.328. The lowest BCUT2D eigenvalue weighted by Crippen LogP contribution is -2.07. The second-order valence-corrected chi connectivity index (χ2v) is 2.80. The Morgan fingerprint density at radius 3 is 2.64 bits per heavy atom. The molecule has 0 aromatic carbocycles. The van der Waals surface area contributed by atoms with E-state index in [4.69, 9.17) is 28.3 Å². The van der Waals surface area contributed by atoms with Gasteiger partial charge in [0.05, 0.1) is 5.71 Å². The van der Waals surface area contributed by atoms with Gasteiger partial charge in [-0.3, -0.25) is 0 Å². The molecule has 0 saturated heterocycles. The summed E-state index contributed by atoms with van der Waals surface area (Å²) < 4.78 is 0. The molecule has 0 saturated carbocycles. The summed E-state index contributed by atoms with van der Waals surface area (Å²) in [6, 6.07) is 0. The van der Waals surface area contributed by atoms with E-state index in [1.54, 1.807) is 0 Å². The predicted octanol–water partition coefficient (Wildman–Crippen LogP) is 1.27. The van der Waals surface area contributed by atoms with Gasteiger partial charge in [0.25, 0.3) is 0 Å². The molecule has 0 unspecified atom stereocenters. The Balaban J connectivity index is 3.65. The summed E-state index contributed by atoms with van der Waals surface area (Å²) in [5.41, 5.74) is 0.328. The third-order valence-corrected chi connectivity index (χ3v) is 1.34. The lowest BCUT2D eigenvalue weighted by molar-refractivity contribution is -0.142. The van der Waals surface area contributed by atoms with Gasteiger partial charge in [-0.1, -0.05) is 28.4 Å². The van der Waals surface area contributed by atoms with Crippen molar-refractivity contribution in [3.05, 3.63) is 0 Å². The number of alkyl halides is 2. The van der Waals surface area contributed by atoms with E-state index in [0.29, 0.717) is 5.71 Å². The fourth-order valence-corrected chi connectivity index (χ4v) is 0.309. The Morgan fingerprint density at radius 1 is 1.73 bits per heavy atom. The summed E-state index contributed by atoms with van der Waals surface area (Å²) in [6.07, 6.45) is 0. The largest absolute Gasteiger partial charge is 0.479 e. The van der Waals surface area contributed by atoms with E-state index in [1.807, 2.05) is 0 Å². The molecular formula is C5H7Cl2NO3. The average molecular weight is 200 g/mol. The number of nitrogens with zero attached hydrogens (tertiary/aromatic N) is 1. The molecule has 0 aromatic rings. The van der Waals surface area contributed by atoms with Crippen molar-refractivity contribution in [3.8, 4) is 0 Å². The van der Waals surface area contributed by atoms with E-state index in [0.717, 1.165) is 0 Å². The van der Waals surface area contributed by atoms with Crippen LogP contribution in [0.4, 0.5) is 0 Å². The Kier molecular flexibility index (Phi) is 4.98. The molecule has 0 aliphatic carbocycles. The molecule has 0 aliphatic heterocycles. The molecule has 0 amide bonds. The minimum atomic E-state index is -1.10. The van der Waals surface area contributed by atoms with Crippen molar-refractivity contribution < 1.29 is 14.7 Å². The first kappa shape index (κ1) is 10.5. The molecule has 11 heavy (non-hydrogen) atoms. The molecule has 0 rings (SSSR count). The molecule has 0 bridgehead atoms. The van der Waals surface area contributed by atoms with Crippen LogP contribution in [0.15, 0.2) is 5.16 Å². The van der Waals surface area contributed by atoms with Crippen LogP contribution in [0.5, 0.6) is 0 Å². The lowest BCUT2D eigenvalue weighted by atomic mass is 10.5. The summed E-state index contributed by atoms with van der Waals surface area (Å²) in [6.45, 7) is 1.05. The van der Waals surface area contributed by atoms with E-state index in [9.17, 15) is 4.79 Å². The Morgan fingerprint density at radius 2 is 2.27 bits per heavy atom. The number of halogens is 2. The molecule has 4 nitrogen and oxygen atoms in total. The first-order valence-corrected chi connectivity index (χ1v) is 3.57. The van der Waals surface area contributed by atoms with Crippen LogP contribution in [-0.2, 0) is 9.63 Å². The first-order valence-electron chi connectivity index (χ1n) is 2.70. The monoisotopic (exact) mass is 199 g/mol. The second-order valence-electron chi connectivity index (χ2n) is 1.70. The Hall–Kier alpha value is -0.480. The molecule has 0 fully saturated rings. The number of carboxylic acid groups (broad SMARTS) is 1. The van der Waals surface area contributed by atoms with Crippen molar-refractivity contribution in [2.75, 3.05) is 6.61 Å². The van der Waals surface area contributed by atoms with Crippen molar-refractivity contribution in [1.82, 2.24) is 0 Å². The zero-order valence-corrected chi connectivity index (χ0v) is 7.26. The maximum Gasteiger partial charge on any atom is 0.344 e. The summed E-state index contributed by atoms with van der Waals surface area (Å²) in [4.78, 5) is 13.5. The van der Waals surface area contributed by atoms with Gasteiger partial charge in [-0.25, -0.2) is 4.79 Å². The summed E-state index contributed by atoms with van der Waals surface area (Å²) in [5.74, 6) is -1.10. The summed E-state index contributed by atoms with van der Waals surface area (Å²) >= 11 is 10.7. The van der Waals surface area contributed by atoms with Crippen LogP contribution >= 0.6 is 23.2 Å². The average Bonchev–Trinajstić information content (AvgIpc) is 1.86. The van der Waals surface area contributed by atoms with Crippen molar-refractivity contribution in [3.63, 3.8) is 0 Å². The van der Waals surface area contributed by atoms with Gasteiger partial charge in [-0.05, 0) is 6.92 Å². The van der Waals surface area contributed by atoms with Crippen LogP contribution in [0.2, 0.25) is 0 Å². The van der Waals surface area contributed by atoms with Gasteiger partial charge >= 0.3 is 5.97 Å². The lowest BCUT2D eigenvalue weighted by Gasteiger charge is -1.98. The third kappa shape index (κ3) is 5.94. The van der Waals surface area contributed by atoms with Gasteiger partial charge in [0.15, 0.2) is 0 Å². The van der Waals surface area contributed by atoms with Crippen LogP contribution in [-0.4, -0.2) is 28.2 Å². The molecule has 64 valence electrons. The van der Waals surface area contributed by atoms with Crippen LogP contribution in [0, 0.1) is 0 Å². The molecule has 0 aliphatic rings. The number of hydrogen-bond donors (Lipinski definition) is 1. The maximum absolute atomic E-state index is 9.89. The van der Waals surface area contributed by atoms with Crippen molar-refractivity contribution in [1.29, 1.82) is 0 Å². The molecule has 0 heterocycles. The van der Waals surface area contributed by atoms with E-state index in [-0.39, 0.29) is 0 Å². The minimum Gasteiger partial charge on any atom is -0.479 e. The highest BCUT2D eigenvalue weighted by Crippen LogP contribution is 2.03. The highest BCUT2D eigenvalue weighted by Gasteiger charge is 2.03.